The molecule has 0 saturated heterocycles. The van der Waals surface area contributed by atoms with Gasteiger partial charge in [0.05, 0.1) is 18.8 Å². The minimum atomic E-state index is -0.557. The van der Waals surface area contributed by atoms with Gasteiger partial charge in [-0.25, -0.2) is 0 Å². The van der Waals surface area contributed by atoms with E-state index in [4.69, 9.17) is 4.74 Å². The number of rotatable bonds is 6. The molecule has 0 aliphatic carbocycles. The van der Waals surface area contributed by atoms with E-state index in [2.05, 4.69) is 5.32 Å². The lowest BCUT2D eigenvalue weighted by Crippen LogP contribution is -2.33. The average Bonchev–Trinajstić information content (AvgIpc) is 3.01. The second-order valence-corrected chi connectivity index (χ2v) is 5.82. The molecule has 21 heavy (non-hydrogen) atoms. The van der Waals surface area contributed by atoms with Crippen LogP contribution in [-0.2, 0) is 0 Å². The highest BCUT2D eigenvalue weighted by atomic mass is 32.1. The molecule has 0 bridgehead atoms. The van der Waals surface area contributed by atoms with Crippen molar-refractivity contribution in [2.45, 2.75) is 25.5 Å². The molecule has 0 unspecified atom stereocenters. The number of ether oxygens (including phenoxy) is 1. The van der Waals surface area contributed by atoms with Crippen molar-refractivity contribution in [1.82, 2.24) is 5.32 Å². The number of amides is 1. The van der Waals surface area contributed by atoms with Crippen LogP contribution < -0.4 is 10.1 Å². The zero-order chi connectivity index (χ0) is 15.2. The maximum atomic E-state index is 12.2. The fourth-order valence-corrected chi connectivity index (χ4v) is 2.85. The van der Waals surface area contributed by atoms with Gasteiger partial charge in [-0.3, -0.25) is 4.79 Å². The van der Waals surface area contributed by atoms with Crippen LogP contribution in [0.1, 0.15) is 34.7 Å². The third-order valence-corrected chi connectivity index (χ3v) is 4.15. The summed E-state index contributed by atoms with van der Waals surface area (Å²) >= 11 is 1.51. The first-order valence-electron chi connectivity index (χ1n) is 6.77. The van der Waals surface area contributed by atoms with E-state index in [-0.39, 0.29) is 11.9 Å². The molecule has 1 amide bonds. The van der Waals surface area contributed by atoms with E-state index in [1.807, 2.05) is 30.5 Å². The number of carbonyl (C=O) groups is 1. The molecule has 0 fully saturated rings. The monoisotopic (exact) mass is 305 g/mol. The van der Waals surface area contributed by atoms with Gasteiger partial charge in [0, 0.05) is 10.9 Å². The van der Waals surface area contributed by atoms with Crippen molar-refractivity contribution < 1.29 is 14.6 Å². The Balaban J connectivity index is 1.96. The van der Waals surface area contributed by atoms with E-state index < -0.39 is 6.10 Å². The van der Waals surface area contributed by atoms with Gasteiger partial charge in [-0.15, -0.1) is 11.3 Å². The SMILES string of the molecule is COc1ccccc1C(=O)N[C@H](C)C[C@@H](O)c1cccs1. The second-order valence-electron chi connectivity index (χ2n) is 4.84. The van der Waals surface area contributed by atoms with Crippen LogP contribution in [-0.4, -0.2) is 24.2 Å². The van der Waals surface area contributed by atoms with E-state index in [1.165, 1.54) is 18.4 Å². The zero-order valence-electron chi connectivity index (χ0n) is 12.1. The summed E-state index contributed by atoms with van der Waals surface area (Å²) < 4.78 is 5.18. The molecule has 2 atom stereocenters. The Hall–Kier alpha value is -1.85. The first-order valence-corrected chi connectivity index (χ1v) is 7.65. The Kier molecular flexibility index (Phi) is 5.36. The van der Waals surface area contributed by atoms with Crippen LogP contribution in [0, 0.1) is 0 Å². The van der Waals surface area contributed by atoms with Gasteiger partial charge < -0.3 is 15.2 Å². The first-order chi connectivity index (χ1) is 10.1. The predicted molar refractivity (Wildman–Crippen MR) is 83.8 cm³/mol. The Labute approximate surface area is 128 Å². The highest BCUT2D eigenvalue weighted by Crippen LogP contribution is 2.23. The van der Waals surface area contributed by atoms with Gasteiger partial charge in [-0.1, -0.05) is 18.2 Å². The third-order valence-electron chi connectivity index (χ3n) is 3.18. The maximum Gasteiger partial charge on any atom is 0.255 e. The summed E-state index contributed by atoms with van der Waals surface area (Å²) in [5, 5.41) is 14.9. The van der Waals surface area contributed by atoms with Gasteiger partial charge in [0.1, 0.15) is 5.75 Å². The highest BCUT2D eigenvalue weighted by Gasteiger charge is 2.17. The molecular weight excluding hydrogens is 286 g/mol. The Morgan fingerprint density at radius 1 is 1.33 bits per heavy atom. The van der Waals surface area contributed by atoms with E-state index in [0.717, 1.165) is 4.88 Å². The molecule has 112 valence electrons. The number of aliphatic hydroxyl groups excluding tert-OH is 1. The lowest BCUT2D eigenvalue weighted by Gasteiger charge is -2.18. The predicted octanol–water partition coefficient (Wildman–Crippen LogP) is 3.00. The van der Waals surface area contributed by atoms with E-state index in [1.54, 1.807) is 18.2 Å². The van der Waals surface area contributed by atoms with Gasteiger partial charge in [-0.2, -0.15) is 0 Å². The Morgan fingerprint density at radius 2 is 2.10 bits per heavy atom. The van der Waals surface area contributed by atoms with Crippen LogP contribution >= 0.6 is 11.3 Å². The van der Waals surface area contributed by atoms with Crippen molar-refractivity contribution in [3.05, 3.63) is 52.2 Å². The number of methoxy groups -OCH3 is 1. The van der Waals surface area contributed by atoms with Gasteiger partial charge >= 0.3 is 0 Å². The summed E-state index contributed by atoms with van der Waals surface area (Å²) in [6, 6.07) is 10.7. The molecule has 1 heterocycles. The topological polar surface area (TPSA) is 58.6 Å². The number of nitrogens with one attached hydrogen (secondary N) is 1. The number of carbonyl (C=O) groups excluding carboxylic acids is 1. The summed E-state index contributed by atoms with van der Waals surface area (Å²) in [4.78, 5) is 13.1. The maximum absolute atomic E-state index is 12.2. The van der Waals surface area contributed by atoms with Gasteiger partial charge in [-0.05, 0) is 36.9 Å². The molecule has 2 rings (SSSR count). The average molecular weight is 305 g/mol. The number of hydrogen-bond acceptors (Lipinski definition) is 4. The molecule has 0 aliphatic heterocycles. The largest absolute Gasteiger partial charge is 0.496 e. The van der Waals surface area contributed by atoms with E-state index >= 15 is 0 Å². The van der Waals surface area contributed by atoms with Crippen LogP contribution in [0.3, 0.4) is 0 Å². The van der Waals surface area contributed by atoms with Crippen molar-refractivity contribution in [2.75, 3.05) is 7.11 Å². The van der Waals surface area contributed by atoms with Crippen molar-refractivity contribution in [2.24, 2.45) is 0 Å². The van der Waals surface area contributed by atoms with Crippen LogP contribution in [0.2, 0.25) is 0 Å². The Bertz CT molecular complexity index is 583. The lowest BCUT2D eigenvalue weighted by atomic mass is 10.1. The van der Waals surface area contributed by atoms with Crippen LogP contribution in [0.15, 0.2) is 41.8 Å². The number of para-hydroxylation sites is 1. The second kappa shape index (κ2) is 7.24. The molecule has 4 nitrogen and oxygen atoms in total. The van der Waals surface area contributed by atoms with Gasteiger partial charge in [0.25, 0.3) is 5.91 Å². The smallest absolute Gasteiger partial charge is 0.255 e. The molecule has 1 aromatic carbocycles. The van der Waals surface area contributed by atoms with Crippen LogP contribution in [0.4, 0.5) is 0 Å². The van der Waals surface area contributed by atoms with Crippen molar-refractivity contribution in [3.8, 4) is 5.75 Å². The summed E-state index contributed by atoms with van der Waals surface area (Å²) in [6.07, 6.45) is -0.0838. The van der Waals surface area contributed by atoms with Gasteiger partial charge in [0.15, 0.2) is 0 Å². The normalized spacial score (nSPS) is 13.5. The fraction of sp³-hybridized carbons (Fsp3) is 0.312. The highest BCUT2D eigenvalue weighted by molar-refractivity contribution is 7.10. The minimum absolute atomic E-state index is 0.139. The van der Waals surface area contributed by atoms with Crippen LogP contribution in [0.25, 0.3) is 0 Å². The standard InChI is InChI=1S/C16H19NO3S/c1-11(10-13(18)15-8-5-9-21-15)17-16(19)12-6-3-4-7-14(12)20-2/h3-9,11,13,18H,10H2,1-2H3,(H,17,19)/t11-,13-/m1/s1. The lowest BCUT2D eigenvalue weighted by molar-refractivity contribution is 0.0915. The molecule has 0 radical (unpaired) electrons. The summed E-state index contributed by atoms with van der Waals surface area (Å²) in [5.41, 5.74) is 0.498. The van der Waals surface area contributed by atoms with Crippen molar-refractivity contribution >= 4 is 17.2 Å². The minimum Gasteiger partial charge on any atom is -0.496 e. The molecule has 0 spiro atoms. The molecule has 2 N–H and O–H groups in total. The quantitative estimate of drug-likeness (QED) is 0.862. The molecular formula is C16H19NO3S. The first kappa shape index (κ1) is 15.5. The number of benzene rings is 1. The molecule has 2 aromatic rings. The molecule has 0 saturated carbocycles. The molecule has 0 aliphatic rings. The van der Waals surface area contributed by atoms with Gasteiger partial charge in [0.2, 0.25) is 0 Å². The zero-order valence-corrected chi connectivity index (χ0v) is 12.9. The van der Waals surface area contributed by atoms with Crippen LogP contribution in [0.5, 0.6) is 5.75 Å². The summed E-state index contributed by atoms with van der Waals surface area (Å²) in [6.45, 7) is 1.88. The molecule has 5 heteroatoms. The summed E-state index contributed by atoms with van der Waals surface area (Å²) in [7, 11) is 1.54. The Morgan fingerprint density at radius 3 is 2.76 bits per heavy atom. The number of aliphatic hydroxyl groups is 1. The molecule has 1 aromatic heterocycles. The summed E-state index contributed by atoms with van der Waals surface area (Å²) in [5.74, 6) is 0.347. The number of hydrogen-bond donors (Lipinski definition) is 2. The van der Waals surface area contributed by atoms with Crippen molar-refractivity contribution in [1.29, 1.82) is 0 Å². The fourth-order valence-electron chi connectivity index (χ4n) is 2.12. The third kappa shape index (κ3) is 4.06. The van der Waals surface area contributed by atoms with Crippen molar-refractivity contribution in [3.63, 3.8) is 0 Å². The van der Waals surface area contributed by atoms with E-state index in [9.17, 15) is 9.90 Å². The van der Waals surface area contributed by atoms with E-state index in [0.29, 0.717) is 17.7 Å². The number of thiophene rings is 1.